The quantitative estimate of drug-likeness (QED) is 0.599. The molecule has 0 aromatic carbocycles. The average molecular weight is 158 g/mol. The molecule has 0 bridgehead atoms. The Labute approximate surface area is 60.5 Å². The number of carbonyl (C=O) groups is 1. The van der Waals surface area contributed by atoms with Gasteiger partial charge in [-0.05, 0) is 12.1 Å². The largest absolute Gasteiger partial charge is 0.445 e. The fourth-order valence-corrected chi connectivity index (χ4v) is 1.03. The van der Waals surface area contributed by atoms with E-state index >= 15 is 0 Å². The van der Waals surface area contributed by atoms with Gasteiger partial charge in [0.1, 0.15) is 0 Å². The second-order valence-electron chi connectivity index (χ2n) is 1.73. The molecule has 1 aromatic rings. The molecular weight excluding hydrogens is 152 g/mol. The Balaban J connectivity index is 2.98. The van der Waals surface area contributed by atoms with Crippen molar-refractivity contribution >= 4 is 17.1 Å². The number of hydrogen-bond donors (Lipinski definition) is 0. The van der Waals surface area contributed by atoms with Crippen LogP contribution in [0.4, 0.5) is 0 Å². The summed E-state index contributed by atoms with van der Waals surface area (Å²) in [5, 5.41) is 0.335. The lowest BCUT2D eigenvalue weighted by Gasteiger charge is -1.84. The average Bonchev–Trinajstić information content (AvgIpc) is 2.34. The van der Waals surface area contributed by atoms with E-state index in [0.29, 0.717) is 11.4 Å². The molecule has 10 heavy (non-hydrogen) atoms. The fraction of sp³-hybridized carbons (Fsp3) is 0.167. The van der Waals surface area contributed by atoms with Gasteiger partial charge >= 0.3 is 0 Å². The summed E-state index contributed by atoms with van der Waals surface area (Å²) in [7, 11) is -1.14. The topological polar surface area (TPSA) is 47.3 Å². The van der Waals surface area contributed by atoms with E-state index in [0.717, 1.165) is 0 Å². The molecule has 0 N–H and O–H groups in total. The number of hydrogen-bond acceptors (Lipinski definition) is 3. The highest BCUT2D eigenvalue weighted by Crippen LogP contribution is 2.08. The van der Waals surface area contributed by atoms with Crippen LogP contribution in [0.15, 0.2) is 21.6 Å². The zero-order valence-electron chi connectivity index (χ0n) is 5.37. The maximum Gasteiger partial charge on any atom is 0.190 e. The summed E-state index contributed by atoms with van der Waals surface area (Å²) < 4.78 is 15.5. The SMILES string of the molecule is CS(=O)c1ccc(C=O)o1. The van der Waals surface area contributed by atoms with Crippen molar-refractivity contribution in [2.24, 2.45) is 0 Å². The summed E-state index contributed by atoms with van der Waals surface area (Å²) in [6.07, 6.45) is 2.07. The molecule has 0 aliphatic rings. The van der Waals surface area contributed by atoms with Crippen LogP contribution in [-0.4, -0.2) is 16.8 Å². The smallest absolute Gasteiger partial charge is 0.190 e. The van der Waals surface area contributed by atoms with Gasteiger partial charge in [-0.3, -0.25) is 9.00 Å². The molecule has 0 saturated carbocycles. The highest BCUT2D eigenvalue weighted by atomic mass is 32.2. The predicted octanol–water partition coefficient (Wildman–Crippen LogP) is 0.830. The summed E-state index contributed by atoms with van der Waals surface area (Å²) in [6, 6.07) is 3.02. The van der Waals surface area contributed by atoms with Crippen LogP contribution >= 0.6 is 0 Å². The van der Waals surface area contributed by atoms with Crippen molar-refractivity contribution in [3.05, 3.63) is 17.9 Å². The van der Waals surface area contributed by atoms with Crippen LogP contribution in [-0.2, 0) is 10.8 Å². The Morgan fingerprint density at radius 2 is 2.30 bits per heavy atom. The third-order valence-corrected chi connectivity index (χ3v) is 1.79. The van der Waals surface area contributed by atoms with Gasteiger partial charge in [-0.25, -0.2) is 0 Å². The number of carbonyl (C=O) groups excluding carboxylic acids is 1. The molecule has 0 aliphatic carbocycles. The Morgan fingerprint density at radius 3 is 2.60 bits per heavy atom. The van der Waals surface area contributed by atoms with Crippen LogP contribution in [0.25, 0.3) is 0 Å². The number of rotatable bonds is 2. The van der Waals surface area contributed by atoms with Gasteiger partial charge in [0.2, 0.25) is 0 Å². The second kappa shape index (κ2) is 2.79. The van der Waals surface area contributed by atoms with Crippen molar-refractivity contribution in [1.82, 2.24) is 0 Å². The molecule has 3 nitrogen and oxygen atoms in total. The molecule has 1 aromatic heterocycles. The maximum absolute atomic E-state index is 10.7. The van der Waals surface area contributed by atoms with Gasteiger partial charge in [0.15, 0.2) is 17.1 Å². The third-order valence-electron chi connectivity index (χ3n) is 1.00. The molecule has 1 heterocycles. The number of aldehydes is 1. The molecule has 1 atom stereocenters. The van der Waals surface area contributed by atoms with E-state index in [1.165, 1.54) is 18.4 Å². The van der Waals surface area contributed by atoms with Gasteiger partial charge in [0.25, 0.3) is 0 Å². The molecule has 0 fully saturated rings. The van der Waals surface area contributed by atoms with Crippen molar-refractivity contribution in [1.29, 1.82) is 0 Å². The molecule has 1 rings (SSSR count). The third kappa shape index (κ3) is 1.33. The van der Waals surface area contributed by atoms with Gasteiger partial charge in [0, 0.05) is 6.26 Å². The van der Waals surface area contributed by atoms with E-state index in [2.05, 4.69) is 0 Å². The summed E-state index contributed by atoms with van der Waals surface area (Å²) in [5.74, 6) is 0.213. The van der Waals surface area contributed by atoms with E-state index < -0.39 is 10.8 Å². The van der Waals surface area contributed by atoms with E-state index in [-0.39, 0.29) is 5.76 Å². The minimum Gasteiger partial charge on any atom is -0.445 e. The zero-order valence-corrected chi connectivity index (χ0v) is 6.18. The van der Waals surface area contributed by atoms with Crippen molar-refractivity contribution < 1.29 is 13.4 Å². The van der Waals surface area contributed by atoms with E-state index in [4.69, 9.17) is 4.42 Å². The monoisotopic (exact) mass is 158 g/mol. The highest BCUT2D eigenvalue weighted by Gasteiger charge is 2.02. The van der Waals surface area contributed by atoms with Crippen molar-refractivity contribution in [3.63, 3.8) is 0 Å². The van der Waals surface area contributed by atoms with Crippen LogP contribution in [0, 0.1) is 0 Å². The van der Waals surface area contributed by atoms with Crippen LogP contribution < -0.4 is 0 Å². The van der Waals surface area contributed by atoms with E-state index in [1.807, 2.05) is 0 Å². The first kappa shape index (κ1) is 7.21. The summed E-state index contributed by atoms with van der Waals surface area (Å²) in [4.78, 5) is 10.0. The highest BCUT2D eigenvalue weighted by molar-refractivity contribution is 7.84. The van der Waals surface area contributed by atoms with Crippen LogP contribution in [0.5, 0.6) is 0 Å². The fourth-order valence-electron chi connectivity index (χ4n) is 0.552. The van der Waals surface area contributed by atoms with Crippen LogP contribution in [0.1, 0.15) is 10.6 Å². The molecule has 0 saturated heterocycles. The minimum atomic E-state index is -1.14. The van der Waals surface area contributed by atoms with Crippen molar-refractivity contribution in [3.8, 4) is 0 Å². The first-order valence-corrected chi connectivity index (χ1v) is 4.18. The van der Waals surface area contributed by atoms with Crippen molar-refractivity contribution in [2.75, 3.05) is 6.26 Å². The molecule has 54 valence electrons. The van der Waals surface area contributed by atoms with Gasteiger partial charge in [-0.15, -0.1) is 0 Å². The standard InChI is InChI=1S/C6H6O3S/c1-10(8)6-3-2-5(4-7)9-6/h2-4H,1H3. The van der Waals surface area contributed by atoms with Gasteiger partial charge in [-0.2, -0.15) is 0 Å². The lowest BCUT2D eigenvalue weighted by molar-refractivity contribution is 0.109. The van der Waals surface area contributed by atoms with Crippen LogP contribution in [0.2, 0.25) is 0 Å². The van der Waals surface area contributed by atoms with Gasteiger partial charge < -0.3 is 4.42 Å². The molecule has 0 spiro atoms. The predicted molar refractivity (Wildman–Crippen MR) is 36.4 cm³/mol. The molecule has 1 unspecified atom stereocenters. The van der Waals surface area contributed by atoms with E-state index in [9.17, 15) is 9.00 Å². The molecule has 0 amide bonds. The molecular formula is C6H6O3S. The Kier molecular flexibility index (Phi) is 2.01. The Bertz CT molecular complexity index is 264. The van der Waals surface area contributed by atoms with E-state index in [1.54, 1.807) is 0 Å². The Hall–Kier alpha value is -0.900. The summed E-state index contributed by atoms with van der Waals surface area (Å²) >= 11 is 0. The number of furan rings is 1. The molecule has 4 heteroatoms. The first-order valence-electron chi connectivity index (χ1n) is 2.62. The molecule has 0 aliphatic heterocycles. The summed E-state index contributed by atoms with van der Waals surface area (Å²) in [5.41, 5.74) is 0. The second-order valence-corrected chi connectivity index (χ2v) is 3.04. The lowest BCUT2D eigenvalue weighted by Crippen LogP contribution is -1.81. The Morgan fingerprint density at radius 1 is 1.60 bits per heavy atom. The lowest BCUT2D eigenvalue weighted by atomic mass is 10.5. The van der Waals surface area contributed by atoms with Crippen molar-refractivity contribution in [2.45, 2.75) is 5.09 Å². The van der Waals surface area contributed by atoms with Gasteiger partial charge in [-0.1, -0.05) is 0 Å². The first-order chi connectivity index (χ1) is 4.74. The zero-order chi connectivity index (χ0) is 7.56. The summed E-state index contributed by atoms with van der Waals surface area (Å²) in [6.45, 7) is 0. The normalized spacial score (nSPS) is 12.9. The minimum absolute atomic E-state index is 0.213. The molecule has 0 radical (unpaired) electrons. The maximum atomic E-state index is 10.7. The van der Waals surface area contributed by atoms with Crippen LogP contribution in [0.3, 0.4) is 0 Å². The van der Waals surface area contributed by atoms with Gasteiger partial charge in [0.05, 0.1) is 10.8 Å².